The second-order valence-electron chi connectivity index (χ2n) is 6.41. The summed E-state index contributed by atoms with van der Waals surface area (Å²) in [6, 6.07) is 4.73. The van der Waals surface area contributed by atoms with Crippen LogP contribution in [0.1, 0.15) is 32.6 Å². The van der Waals surface area contributed by atoms with Crippen LogP contribution in [-0.4, -0.2) is 24.5 Å². The topological polar surface area (TPSA) is 106 Å². The minimum absolute atomic E-state index is 0.117. The Kier molecular flexibility index (Phi) is 1.92. The summed E-state index contributed by atoms with van der Waals surface area (Å²) in [6.07, 6.45) is 3.59. The largest absolute Gasteiger partial charge is 0.343 e. The monoisotopic (exact) mass is 273 g/mol. The fourth-order valence-electron chi connectivity index (χ4n) is 5.17. The summed E-state index contributed by atoms with van der Waals surface area (Å²) in [5.74, 6) is -0.900. The maximum Gasteiger partial charge on any atom is 0.343 e. The minimum atomic E-state index is -1.24. The molecule has 6 nitrogen and oxygen atoms in total. The SMILES string of the molecule is C[C@H]1CO[C@@]2([NH+]=C(N)[C@@]3(C#N)C4(CCCC4)[C@@]23C#N)O1. The number of rotatable bonds is 0. The maximum atomic E-state index is 9.95. The van der Waals surface area contributed by atoms with Gasteiger partial charge in [0.2, 0.25) is 0 Å². The van der Waals surface area contributed by atoms with Gasteiger partial charge in [0.05, 0.1) is 24.8 Å². The summed E-state index contributed by atoms with van der Waals surface area (Å²) in [5.41, 5.74) is 3.74. The summed E-state index contributed by atoms with van der Waals surface area (Å²) >= 11 is 0. The standard InChI is InChI=1S/C14H16N4O2/c1-9-6-19-14(20-9)13(8-16)11(4-2-3-5-11)12(13,7-15)10(17)18-14/h9H,2-6H2,1H3,(H2,17,18)/p+1/t9-,12-,13+,14+/m0/s1. The molecule has 0 bridgehead atoms. The van der Waals surface area contributed by atoms with Crippen molar-refractivity contribution in [3.63, 3.8) is 0 Å². The molecule has 2 aliphatic carbocycles. The number of nitrogens with zero attached hydrogens (tertiary/aromatic N) is 2. The van der Waals surface area contributed by atoms with Crippen LogP contribution in [-0.2, 0) is 9.47 Å². The average Bonchev–Trinajstić information content (AvgIpc) is 2.83. The second kappa shape index (κ2) is 3.16. The molecule has 3 N–H and O–H groups in total. The molecular formula is C14H17N4O2+. The molecule has 1 saturated heterocycles. The summed E-state index contributed by atoms with van der Waals surface area (Å²) in [7, 11) is 0. The summed E-state index contributed by atoms with van der Waals surface area (Å²) in [6.45, 7) is 2.30. The first kappa shape index (κ1) is 12.1. The van der Waals surface area contributed by atoms with E-state index in [0.717, 1.165) is 25.7 Å². The lowest BCUT2D eigenvalue weighted by molar-refractivity contribution is -0.680. The van der Waals surface area contributed by atoms with Gasteiger partial charge in [0.15, 0.2) is 10.8 Å². The van der Waals surface area contributed by atoms with Crippen LogP contribution in [0.2, 0.25) is 0 Å². The summed E-state index contributed by atoms with van der Waals surface area (Å²) in [5, 5.41) is 19.8. The Morgan fingerprint density at radius 1 is 1.30 bits per heavy atom. The first-order valence-electron chi connectivity index (χ1n) is 7.11. The Bertz CT molecular complexity index is 612. The van der Waals surface area contributed by atoms with Gasteiger partial charge in [0.25, 0.3) is 5.84 Å². The number of nitriles is 2. The molecule has 20 heavy (non-hydrogen) atoms. The van der Waals surface area contributed by atoms with E-state index in [1.807, 2.05) is 6.92 Å². The number of hydrogen-bond donors (Lipinski definition) is 2. The van der Waals surface area contributed by atoms with E-state index < -0.39 is 22.2 Å². The quantitative estimate of drug-likeness (QED) is 0.596. The number of nitrogens with two attached hydrogens (primary N) is 1. The van der Waals surface area contributed by atoms with Crippen LogP contribution < -0.4 is 10.7 Å². The second-order valence-corrected chi connectivity index (χ2v) is 6.41. The van der Waals surface area contributed by atoms with Gasteiger partial charge in [-0.25, -0.2) is 4.99 Å². The van der Waals surface area contributed by atoms with Crippen molar-refractivity contribution in [2.45, 2.75) is 44.6 Å². The molecular weight excluding hydrogens is 256 g/mol. The maximum absolute atomic E-state index is 9.95. The first-order valence-corrected chi connectivity index (χ1v) is 7.11. The molecule has 2 saturated carbocycles. The molecule has 0 unspecified atom stereocenters. The predicted octanol–water partition coefficient (Wildman–Crippen LogP) is -0.879. The third kappa shape index (κ3) is 0.804. The number of ether oxygens (including phenoxy) is 2. The fourth-order valence-corrected chi connectivity index (χ4v) is 5.17. The molecule has 2 spiro atoms. The molecule has 3 fully saturated rings. The Balaban J connectivity index is 1.96. The van der Waals surface area contributed by atoms with Crippen LogP contribution in [0, 0.1) is 38.9 Å². The average molecular weight is 273 g/mol. The van der Waals surface area contributed by atoms with Gasteiger partial charge in [-0.05, 0) is 19.8 Å². The van der Waals surface area contributed by atoms with Crippen LogP contribution in [0.15, 0.2) is 0 Å². The van der Waals surface area contributed by atoms with Gasteiger partial charge >= 0.3 is 5.91 Å². The molecule has 104 valence electrons. The molecule has 2 heterocycles. The van der Waals surface area contributed by atoms with Gasteiger partial charge in [-0.3, -0.25) is 5.73 Å². The normalized spacial score (nSPS) is 50.8. The Labute approximate surface area is 117 Å². The Hall–Kier alpha value is -1.63. The predicted molar refractivity (Wildman–Crippen MR) is 66.4 cm³/mol. The molecule has 0 aromatic heterocycles. The lowest BCUT2D eigenvalue weighted by atomic mass is 9.88. The van der Waals surface area contributed by atoms with Crippen molar-refractivity contribution in [1.29, 1.82) is 10.5 Å². The molecule has 0 aromatic carbocycles. The molecule has 0 amide bonds. The van der Waals surface area contributed by atoms with Gasteiger partial charge in [-0.2, -0.15) is 10.5 Å². The van der Waals surface area contributed by atoms with Crippen LogP contribution in [0.5, 0.6) is 0 Å². The number of amidine groups is 1. The minimum Gasteiger partial charge on any atom is -0.311 e. The number of hydrogen-bond acceptors (Lipinski definition) is 5. The van der Waals surface area contributed by atoms with Crippen molar-refractivity contribution in [1.82, 2.24) is 0 Å². The molecule has 6 heteroatoms. The van der Waals surface area contributed by atoms with Crippen LogP contribution in [0.4, 0.5) is 0 Å². The highest BCUT2D eigenvalue weighted by Gasteiger charge is 3.04. The molecule has 4 atom stereocenters. The highest BCUT2D eigenvalue weighted by atomic mass is 16.8. The van der Waals surface area contributed by atoms with Gasteiger partial charge in [-0.1, -0.05) is 12.8 Å². The van der Waals surface area contributed by atoms with Crippen LogP contribution >= 0.6 is 0 Å². The lowest BCUT2D eigenvalue weighted by Crippen LogP contribution is -2.90. The highest BCUT2D eigenvalue weighted by Crippen LogP contribution is 2.87. The smallest absolute Gasteiger partial charge is 0.311 e. The first-order chi connectivity index (χ1) is 9.56. The molecule has 0 radical (unpaired) electrons. The summed E-state index contributed by atoms with van der Waals surface area (Å²) in [4.78, 5) is 3.00. The summed E-state index contributed by atoms with van der Waals surface area (Å²) < 4.78 is 11.8. The van der Waals surface area contributed by atoms with E-state index in [9.17, 15) is 10.5 Å². The third-order valence-electron chi connectivity index (χ3n) is 5.81. The van der Waals surface area contributed by atoms with Gasteiger partial charge in [0, 0.05) is 5.41 Å². The van der Waals surface area contributed by atoms with Crippen molar-refractivity contribution in [3.8, 4) is 12.1 Å². The zero-order chi connectivity index (χ0) is 14.2. The van der Waals surface area contributed by atoms with Crippen molar-refractivity contribution < 1.29 is 14.5 Å². The van der Waals surface area contributed by atoms with Gasteiger partial charge < -0.3 is 9.47 Å². The van der Waals surface area contributed by atoms with E-state index in [1.54, 1.807) is 0 Å². The van der Waals surface area contributed by atoms with Crippen LogP contribution in [0.25, 0.3) is 0 Å². The third-order valence-corrected chi connectivity index (χ3v) is 5.81. The fraction of sp³-hybridized carbons (Fsp3) is 0.786. The molecule has 4 aliphatic rings. The van der Waals surface area contributed by atoms with E-state index >= 15 is 0 Å². The number of fused-ring (bicyclic) bond motifs is 4. The zero-order valence-corrected chi connectivity index (χ0v) is 11.4. The van der Waals surface area contributed by atoms with E-state index in [0.29, 0.717) is 12.4 Å². The van der Waals surface area contributed by atoms with E-state index in [-0.39, 0.29) is 6.10 Å². The zero-order valence-electron chi connectivity index (χ0n) is 11.4. The van der Waals surface area contributed by atoms with E-state index in [4.69, 9.17) is 15.2 Å². The van der Waals surface area contributed by atoms with E-state index in [1.165, 1.54) is 0 Å². The lowest BCUT2D eigenvalue weighted by Gasteiger charge is -2.27. The molecule has 4 rings (SSSR count). The Morgan fingerprint density at radius 2 is 2.00 bits per heavy atom. The van der Waals surface area contributed by atoms with Gasteiger partial charge in [-0.15, -0.1) is 0 Å². The van der Waals surface area contributed by atoms with Crippen LogP contribution in [0.3, 0.4) is 0 Å². The van der Waals surface area contributed by atoms with Crippen molar-refractivity contribution in [3.05, 3.63) is 0 Å². The highest BCUT2D eigenvalue weighted by molar-refractivity contribution is 5.95. The Morgan fingerprint density at radius 3 is 2.50 bits per heavy atom. The van der Waals surface area contributed by atoms with Crippen molar-refractivity contribution in [2.24, 2.45) is 22.0 Å². The van der Waals surface area contributed by atoms with E-state index in [2.05, 4.69) is 17.1 Å². The molecule has 2 aliphatic heterocycles. The van der Waals surface area contributed by atoms with Crippen molar-refractivity contribution in [2.75, 3.05) is 6.61 Å². The van der Waals surface area contributed by atoms with Crippen molar-refractivity contribution >= 4 is 5.84 Å². The number of nitrogens with one attached hydrogen (secondary N) is 1. The molecule has 0 aromatic rings. The van der Waals surface area contributed by atoms with Gasteiger partial charge in [0.1, 0.15) is 0 Å².